The number of nitrogens with one attached hydrogen (secondary N) is 1. The van der Waals surface area contributed by atoms with Crippen LogP contribution in [0.5, 0.6) is 0 Å². The van der Waals surface area contributed by atoms with Crippen molar-refractivity contribution in [1.82, 2.24) is 24.7 Å². The smallest absolute Gasteiger partial charge is 0.410 e. The standard InChI is InChI=1S/C29H40N8O3/c1-29(2,3)40-28(39)36-17-19-14-23(36)15-24(19)37-18-20-16-30-26(32-25(20)34(5)27(37)38)31-21-6-8-22(9-7-21)35-12-10-33(4)11-13-35/h6-9,16,19,23-24H,10-15,17-18H2,1-5H3,(H,30,31,32). The first-order chi connectivity index (χ1) is 19.1. The Hall–Kier alpha value is -3.60. The normalized spacial score (nSPS) is 24.9. The zero-order valence-electron chi connectivity index (χ0n) is 24.1. The largest absolute Gasteiger partial charge is 0.444 e. The summed E-state index contributed by atoms with van der Waals surface area (Å²) in [5, 5.41) is 3.30. The first-order valence-corrected chi connectivity index (χ1v) is 14.3. The lowest BCUT2D eigenvalue weighted by Crippen LogP contribution is -2.55. The summed E-state index contributed by atoms with van der Waals surface area (Å²) in [5.74, 6) is 1.34. The third-order valence-electron chi connectivity index (χ3n) is 8.56. The van der Waals surface area contributed by atoms with Crippen LogP contribution in [0.1, 0.15) is 39.2 Å². The Bertz CT molecular complexity index is 1270. The molecule has 3 amide bonds. The van der Waals surface area contributed by atoms with Crippen molar-refractivity contribution in [2.24, 2.45) is 5.92 Å². The Kier molecular flexibility index (Phi) is 6.72. The summed E-state index contributed by atoms with van der Waals surface area (Å²) in [4.78, 5) is 45.6. The third-order valence-corrected chi connectivity index (χ3v) is 8.56. The lowest BCUT2D eigenvalue weighted by atomic mass is 10.00. The molecule has 4 heterocycles. The maximum atomic E-state index is 13.5. The molecule has 2 saturated heterocycles. The van der Waals surface area contributed by atoms with Gasteiger partial charge in [0.1, 0.15) is 11.4 Å². The number of hydrogen-bond acceptors (Lipinski definition) is 8. The molecule has 1 aliphatic carbocycles. The number of likely N-dealkylation sites (N-methyl/N-ethyl adjacent to an activating group) is 1. The van der Waals surface area contributed by atoms with E-state index in [9.17, 15) is 9.59 Å². The van der Waals surface area contributed by atoms with E-state index in [4.69, 9.17) is 9.72 Å². The zero-order valence-corrected chi connectivity index (χ0v) is 24.1. The van der Waals surface area contributed by atoms with E-state index in [1.807, 2.05) is 48.9 Å². The molecule has 1 saturated carbocycles. The maximum absolute atomic E-state index is 13.5. The molecule has 1 N–H and O–H groups in total. The van der Waals surface area contributed by atoms with E-state index >= 15 is 0 Å². The molecule has 214 valence electrons. The van der Waals surface area contributed by atoms with Crippen molar-refractivity contribution < 1.29 is 14.3 Å². The molecule has 6 rings (SSSR count). The van der Waals surface area contributed by atoms with Gasteiger partial charge in [0, 0.05) is 75.0 Å². The summed E-state index contributed by atoms with van der Waals surface area (Å²) in [7, 11) is 3.93. The molecule has 4 aliphatic rings. The highest BCUT2D eigenvalue weighted by Crippen LogP contribution is 2.43. The second kappa shape index (κ2) is 10.1. The monoisotopic (exact) mass is 548 g/mol. The van der Waals surface area contributed by atoms with Gasteiger partial charge in [0.25, 0.3) is 0 Å². The van der Waals surface area contributed by atoms with Crippen LogP contribution in [0.3, 0.4) is 0 Å². The van der Waals surface area contributed by atoms with Gasteiger partial charge in [0.2, 0.25) is 5.95 Å². The third kappa shape index (κ3) is 5.14. The van der Waals surface area contributed by atoms with Crippen molar-refractivity contribution in [1.29, 1.82) is 0 Å². The molecule has 1 aromatic carbocycles. The first kappa shape index (κ1) is 26.6. The van der Waals surface area contributed by atoms with E-state index in [1.165, 1.54) is 5.69 Å². The molecule has 1 aromatic heterocycles. The minimum atomic E-state index is -0.519. The summed E-state index contributed by atoms with van der Waals surface area (Å²) in [6.07, 6.45) is 3.23. The number of anilines is 4. The van der Waals surface area contributed by atoms with Crippen LogP contribution in [0.15, 0.2) is 30.5 Å². The summed E-state index contributed by atoms with van der Waals surface area (Å²) < 4.78 is 5.60. The zero-order chi connectivity index (χ0) is 28.2. The Morgan fingerprint density at radius 1 is 1.05 bits per heavy atom. The van der Waals surface area contributed by atoms with Crippen LogP contribution in [0.4, 0.5) is 32.7 Å². The summed E-state index contributed by atoms with van der Waals surface area (Å²) in [5.41, 5.74) is 2.52. The number of carbonyl (C=O) groups is 2. The van der Waals surface area contributed by atoms with Crippen LogP contribution in [-0.2, 0) is 11.3 Å². The van der Waals surface area contributed by atoms with Gasteiger partial charge in [0.15, 0.2) is 0 Å². The quantitative estimate of drug-likeness (QED) is 0.617. The average molecular weight is 549 g/mol. The van der Waals surface area contributed by atoms with Gasteiger partial charge in [-0.05, 0) is 70.8 Å². The van der Waals surface area contributed by atoms with Gasteiger partial charge in [-0.15, -0.1) is 0 Å². The Labute approximate surface area is 236 Å². The number of nitrogens with zero attached hydrogens (tertiary/aromatic N) is 7. The van der Waals surface area contributed by atoms with E-state index in [-0.39, 0.29) is 30.1 Å². The predicted molar refractivity (Wildman–Crippen MR) is 154 cm³/mol. The van der Waals surface area contributed by atoms with E-state index in [0.717, 1.165) is 50.3 Å². The number of likely N-dealkylation sites (tertiary alicyclic amines) is 1. The highest BCUT2D eigenvalue weighted by atomic mass is 16.6. The number of piperazine rings is 1. The van der Waals surface area contributed by atoms with E-state index in [0.29, 0.717) is 24.9 Å². The van der Waals surface area contributed by atoms with Crippen LogP contribution in [0.2, 0.25) is 0 Å². The molecule has 3 unspecified atom stereocenters. The molecule has 0 radical (unpaired) electrons. The van der Waals surface area contributed by atoms with Gasteiger partial charge in [-0.3, -0.25) is 4.90 Å². The van der Waals surface area contributed by atoms with Crippen molar-refractivity contribution in [2.75, 3.05) is 61.9 Å². The molecule has 2 bridgehead atoms. The molecule has 0 spiro atoms. The molecule has 40 heavy (non-hydrogen) atoms. The Morgan fingerprint density at radius 3 is 2.42 bits per heavy atom. The number of rotatable bonds is 4. The number of fused-ring (bicyclic) bond motifs is 3. The number of amides is 3. The van der Waals surface area contributed by atoms with E-state index in [1.54, 1.807) is 11.9 Å². The number of hydrogen-bond donors (Lipinski definition) is 1. The number of aromatic nitrogens is 2. The van der Waals surface area contributed by atoms with Crippen molar-refractivity contribution in [3.63, 3.8) is 0 Å². The molecule has 2 aromatic rings. The molecule has 11 heteroatoms. The van der Waals surface area contributed by atoms with Gasteiger partial charge in [-0.25, -0.2) is 14.6 Å². The number of ether oxygens (including phenoxy) is 1. The van der Waals surface area contributed by atoms with Gasteiger partial charge in [-0.1, -0.05) is 0 Å². The summed E-state index contributed by atoms with van der Waals surface area (Å²) in [6, 6.07) is 8.47. The van der Waals surface area contributed by atoms with Crippen LogP contribution >= 0.6 is 0 Å². The number of carbonyl (C=O) groups excluding carboxylic acids is 2. The highest BCUT2D eigenvalue weighted by Gasteiger charge is 2.51. The van der Waals surface area contributed by atoms with Crippen molar-refractivity contribution in [2.45, 2.75) is 57.8 Å². The SMILES string of the molecule is CN1CCN(c2ccc(Nc3ncc4c(n3)N(C)C(=O)N(C3CC5CC3CN5C(=O)OC(C)(C)C)C4)cc2)CC1. The van der Waals surface area contributed by atoms with Gasteiger partial charge in [0.05, 0.1) is 6.54 Å². The van der Waals surface area contributed by atoms with Crippen LogP contribution < -0.4 is 15.1 Å². The highest BCUT2D eigenvalue weighted by molar-refractivity contribution is 5.93. The molecule has 11 nitrogen and oxygen atoms in total. The minimum Gasteiger partial charge on any atom is -0.444 e. The summed E-state index contributed by atoms with van der Waals surface area (Å²) >= 11 is 0. The Balaban J connectivity index is 1.10. The fourth-order valence-corrected chi connectivity index (χ4v) is 6.46. The Morgan fingerprint density at radius 2 is 1.77 bits per heavy atom. The van der Waals surface area contributed by atoms with Crippen LogP contribution in [-0.4, -0.2) is 101 Å². The molecular weight excluding hydrogens is 508 g/mol. The maximum Gasteiger partial charge on any atom is 0.410 e. The second-order valence-electron chi connectivity index (χ2n) is 12.6. The molecule has 3 aliphatic heterocycles. The fraction of sp³-hybridized carbons (Fsp3) is 0.586. The summed E-state index contributed by atoms with van der Waals surface area (Å²) in [6.45, 7) is 10.9. The molecule has 3 fully saturated rings. The molecular formula is C29H40N8O3. The van der Waals surface area contributed by atoms with Crippen molar-refractivity contribution in [3.05, 3.63) is 36.0 Å². The predicted octanol–water partition coefficient (Wildman–Crippen LogP) is 3.74. The van der Waals surface area contributed by atoms with E-state index < -0.39 is 5.60 Å². The average Bonchev–Trinajstić information content (AvgIpc) is 3.53. The van der Waals surface area contributed by atoms with Crippen LogP contribution in [0.25, 0.3) is 0 Å². The number of urea groups is 1. The topological polar surface area (TPSA) is 97.4 Å². The lowest BCUT2D eigenvalue weighted by molar-refractivity contribution is 0.0140. The first-order valence-electron chi connectivity index (χ1n) is 14.3. The van der Waals surface area contributed by atoms with Crippen LogP contribution in [0, 0.1) is 5.92 Å². The fourth-order valence-electron chi connectivity index (χ4n) is 6.46. The van der Waals surface area contributed by atoms with Crippen molar-refractivity contribution >= 4 is 35.3 Å². The van der Waals surface area contributed by atoms with E-state index in [2.05, 4.69) is 39.3 Å². The van der Waals surface area contributed by atoms with Gasteiger partial charge >= 0.3 is 12.1 Å². The second-order valence-corrected chi connectivity index (χ2v) is 12.6. The number of benzene rings is 1. The minimum absolute atomic E-state index is 0.0601. The number of piperidine rings is 1. The lowest BCUT2D eigenvalue weighted by Gasteiger charge is -2.42. The van der Waals surface area contributed by atoms with Gasteiger partial charge < -0.3 is 29.7 Å². The van der Waals surface area contributed by atoms with Crippen molar-refractivity contribution in [3.8, 4) is 0 Å². The van der Waals surface area contributed by atoms with Gasteiger partial charge in [-0.2, -0.15) is 4.98 Å². The molecule has 3 atom stereocenters.